The second-order valence-electron chi connectivity index (χ2n) is 5.58. The number of nitrogens with one attached hydrogen (secondary N) is 1. The molecular formula is C17H16N4O3. The van der Waals surface area contributed by atoms with Gasteiger partial charge in [-0.15, -0.1) is 0 Å². The quantitative estimate of drug-likeness (QED) is 0.839. The number of carbonyl (C=O) groups excluding carboxylic acids is 2. The lowest BCUT2D eigenvalue weighted by atomic mass is 10.1. The van der Waals surface area contributed by atoms with Crippen LogP contribution in [0.3, 0.4) is 0 Å². The second-order valence-corrected chi connectivity index (χ2v) is 5.58. The standard InChI is InChI=1S/C17H16N4O3/c1-18-15-3-2-8-21(15)16(23)10-20-17(24)12-6-7-19-14-5-4-11(22)9-13(12)14/h4-7,9,15,22H,2-3,8,10H2,(H,20,24). The highest BCUT2D eigenvalue weighted by molar-refractivity contribution is 6.07. The second kappa shape index (κ2) is 6.54. The van der Waals surface area contributed by atoms with Gasteiger partial charge in [-0.3, -0.25) is 24.3 Å². The molecule has 24 heavy (non-hydrogen) atoms. The highest BCUT2D eigenvalue weighted by Crippen LogP contribution is 2.22. The fourth-order valence-electron chi connectivity index (χ4n) is 2.86. The first kappa shape index (κ1) is 15.7. The van der Waals surface area contributed by atoms with Crippen LogP contribution in [0.4, 0.5) is 0 Å². The molecule has 1 fully saturated rings. The van der Waals surface area contributed by atoms with Crippen molar-refractivity contribution >= 4 is 22.7 Å². The number of hydrogen-bond donors (Lipinski definition) is 2. The van der Waals surface area contributed by atoms with E-state index in [1.807, 2.05) is 0 Å². The lowest BCUT2D eigenvalue weighted by molar-refractivity contribution is -0.130. The van der Waals surface area contributed by atoms with E-state index in [4.69, 9.17) is 6.57 Å². The summed E-state index contributed by atoms with van der Waals surface area (Å²) in [6, 6.07) is 6.13. The zero-order chi connectivity index (χ0) is 17.1. The summed E-state index contributed by atoms with van der Waals surface area (Å²) < 4.78 is 0. The monoisotopic (exact) mass is 324 g/mol. The summed E-state index contributed by atoms with van der Waals surface area (Å²) in [6.07, 6.45) is 2.57. The molecule has 7 nitrogen and oxygen atoms in total. The topological polar surface area (TPSA) is 86.9 Å². The van der Waals surface area contributed by atoms with Crippen LogP contribution in [0.2, 0.25) is 0 Å². The molecule has 0 radical (unpaired) electrons. The van der Waals surface area contributed by atoms with E-state index >= 15 is 0 Å². The molecule has 122 valence electrons. The van der Waals surface area contributed by atoms with Gasteiger partial charge >= 0.3 is 6.17 Å². The number of likely N-dealkylation sites (tertiary alicyclic amines) is 1. The Hall–Kier alpha value is -3.14. The summed E-state index contributed by atoms with van der Waals surface area (Å²) in [6.45, 7) is 7.49. The third-order valence-corrected chi connectivity index (χ3v) is 4.06. The van der Waals surface area contributed by atoms with Crippen LogP contribution in [0.25, 0.3) is 15.7 Å². The van der Waals surface area contributed by atoms with E-state index < -0.39 is 12.1 Å². The van der Waals surface area contributed by atoms with Gasteiger partial charge in [-0.2, -0.15) is 0 Å². The Balaban J connectivity index is 1.73. The van der Waals surface area contributed by atoms with Crippen molar-refractivity contribution in [3.63, 3.8) is 0 Å². The first-order valence-corrected chi connectivity index (χ1v) is 7.62. The third-order valence-electron chi connectivity index (χ3n) is 4.06. The van der Waals surface area contributed by atoms with Crippen molar-refractivity contribution in [2.75, 3.05) is 13.1 Å². The number of fused-ring (bicyclic) bond motifs is 1. The predicted molar refractivity (Wildman–Crippen MR) is 87.1 cm³/mol. The SMILES string of the molecule is [C-]#[N+]C1CCCN1C(=O)CNC(=O)c1ccnc2ccc(O)cc12. The average Bonchev–Trinajstić information content (AvgIpc) is 3.07. The molecule has 0 saturated carbocycles. The minimum absolute atomic E-state index is 0.0394. The molecule has 1 atom stereocenters. The van der Waals surface area contributed by atoms with E-state index in [0.717, 1.165) is 6.42 Å². The van der Waals surface area contributed by atoms with Crippen LogP contribution in [0.15, 0.2) is 30.5 Å². The zero-order valence-electron chi connectivity index (χ0n) is 12.9. The van der Waals surface area contributed by atoms with E-state index in [0.29, 0.717) is 29.4 Å². The Bertz CT molecular complexity index is 843. The Morgan fingerprint density at radius 3 is 3.04 bits per heavy atom. The Morgan fingerprint density at radius 2 is 2.25 bits per heavy atom. The van der Waals surface area contributed by atoms with Crippen LogP contribution in [0.1, 0.15) is 23.2 Å². The number of benzene rings is 1. The summed E-state index contributed by atoms with van der Waals surface area (Å²) in [4.78, 5) is 33.7. The van der Waals surface area contributed by atoms with Gasteiger partial charge in [0.1, 0.15) is 5.75 Å². The maximum absolute atomic E-state index is 12.4. The van der Waals surface area contributed by atoms with Crippen LogP contribution in [0.5, 0.6) is 5.75 Å². The molecule has 1 aromatic carbocycles. The molecule has 3 rings (SSSR count). The van der Waals surface area contributed by atoms with E-state index in [1.54, 1.807) is 12.1 Å². The number of nitrogens with zero attached hydrogens (tertiary/aromatic N) is 3. The van der Waals surface area contributed by atoms with Crippen molar-refractivity contribution in [3.05, 3.63) is 47.4 Å². The van der Waals surface area contributed by atoms with Gasteiger partial charge in [-0.25, -0.2) is 6.57 Å². The van der Waals surface area contributed by atoms with E-state index in [-0.39, 0.29) is 18.2 Å². The average molecular weight is 324 g/mol. The fraction of sp³-hybridized carbons (Fsp3) is 0.294. The summed E-state index contributed by atoms with van der Waals surface area (Å²) in [5.41, 5.74) is 0.922. The molecule has 2 aromatic rings. The molecule has 2 heterocycles. The largest absolute Gasteiger partial charge is 0.508 e. The van der Waals surface area contributed by atoms with Gasteiger partial charge in [0.05, 0.1) is 17.6 Å². The van der Waals surface area contributed by atoms with Crippen LogP contribution in [-0.2, 0) is 4.79 Å². The van der Waals surface area contributed by atoms with Gasteiger partial charge in [-0.05, 0) is 30.7 Å². The van der Waals surface area contributed by atoms with Crippen molar-refractivity contribution in [1.82, 2.24) is 15.2 Å². The van der Waals surface area contributed by atoms with E-state index in [2.05, 4.69) is 15.1 Å². The molecule has 2 N–H and O–H groups in total. The molecule has 1 aliphatic heterocycles. The van der Waals surface area contributed by atoms with Crippen molar-refractivity contribution in [2.24, 2.45) is 0 Å². The maximum atomic E-state index is 12.4. The van der Waals surface area contributed by atoms with Crippen LogP contribution >= 0.6 is 0 Å². The van der Waals surface area contributed by atoms with Gasteiger partial charge in [0.2, 0.25) is 5.91 Å². The molecule has 0 aliphatic carbocycles. The number of amides is 2. The number of rotatable bonds is 3. The fourth-order valence-corrected chi connectivity index (χ4v) is 2.86. The van der Waals surface area contributed by atoms with Gasteiger partial charge in [0, 0.05) is 24.5 Å². The minimum Gasteiger partial charge on any atom is -0.508 e. The van der Waals surface area contributed by atoms with Crippen LogP contribution in [0, 0.1) is 6.57 Å². The molecule has 7 heteroatoms. The highest BCUT2D eigenvalue weighted by Gasteiger charge is 2.32. The normalized spacial score (nSPS) is 16.8. The molecule has 2 amide bonds. The third kappa shape index (κ3) is 2.99. The summed E-state index contributed by atoms with van der Waals surface area (Å²) in [5, 5.41) is 12.7. The number of phenolic OH excluding ortho intramolecular Hbond substituents is 1. The van der Waals surface area contributed by atoms with Crippen LogP contribution in [-0.4, -0.2) is 46.1 Å². The van der Waals surface area contributed by atoms with Gasteiger partial charge in [0.15, 0.2) is 0 Å². The smallest absolute Gasteiger partial charge is 0.300 e. The molecule has 0 bridgehead atoms. The van der Waals surface area contributed by atoms with Gasteiger partial charge < -0.3 is 10.4 Å². The number of pyridine rings is 1. The van der Waals surface area contributed by atoms with Crippen LogP contribution < -0.4 is 5.32 Å². The lowest BCUT2D eigenvalue weighted by Gasteiger charge is -2.16. The Labute approximate surface area is 138 Å². The molecule has 0 spiro atoms. The molecule has 1 unspecified atom stereocenters. The van der Waals surface area contributed by atoms with Crippen molar-refractivity contribution in [2.45, 2.75) is 19.0 Å². The Morgan fingerprint density at radius 1 is 1.42 bits per heavy atom. The lowest BCUT2D eigenvalue weighted by Crippen LogP contribution is -2.41. The van der Waals surface area contributed by atoms with Crippen molar-refractivity contribution in [1.29, 1.82) is 0 Å². The Kier molecular flexibility index (Phi) is 4.29. The zero-order valence-corrected chi connectivity index (χ0v) is 12.9. The number of phenols is 1. The molecular weight excluding hydrogens is 308 g/mol. The minimum atomic E-state index is -0.423. The summed E-state index contributed by atoms with van der Waals surface area (Å²) in [5.74, 6) is -0.638. The van der Waals surface area contributed by atoms with E-state index in [9.17, 15) is 14.7 Å². The first-order chi connectivity index (χ1) is 11.6. The molecule has 1 aromatic heterocycles. The van der Waals surface area contributed by atoms with Crippen molar-refractivity contribution < 1.29 is 14.7 Å². The van der Waals surface area contributed by atoms with Gasteiger partial charge in [-0.1, -0.05) is 0 Å². The predicted octanol–water partition coefficient (Wildman–Crippen LogP) is 1.54. The highest BCUT2D eigenvalue weighted by atomic mass is 16.3. The number of aromatic nitrogens is 1. The number of aromatic hydroxyl groups is 1. The summed E-state index contributed by atoms with van der Waals surface area (Å²) >= 11 is 0. The molecule has 1 aliphatic rings. The number of hydrogen-bond acceptors (Lipinski definition) is 4. The first-order valence-electron chi connectivity index (χ1n) is 7.62. The summed E-state index contributed by atoms with van der Waals surface area (Å²) in [7, 11) is 0. The van der Waals surface area contributed by atoms with Crippen molar-refractivity contribution in [3.8, 4) is 5.75 Å². The maximum Gasteiger partial charge on any atom is 0.300 e. The molecule has 1 saturated heterocycles. The van der Waals surface area contributed by atoms with Gasteiger partial charge in [0.25, 0.3) is 5.91 Å². The number of carbonyl (C=O) groups is 2. The van der Waals surface area contributed by atoms with E-state index in [1.165, 1.54) is 23.2 Å².